The lowest BCUT2D eigenvalue weighted by molar-refractivity contribution is -0.137. The van der Waals surface area contributed by atoms with Crippen molar-refractivity contribution in [2.24, 2.45) is 4.99 Å². The molecule has 168 valence electrons. The molecule has 5 rings (SSSR count). The first-order chi connectivity index (χ1) is 15.0. The summed E-state index contributed by atoms with van der Waals surface area (Å²) in [5.41, 5.74) is -0.130. The minimum atomic E-state index is -4.35. The Hall–Kier alpha value is -2.52. The zero-order valence-electron chi connectivity index (χ0n) is 17.4. The summed E-state index contributed by atoms with van der Waals surface area (Å²) < 4.78 is 44.3. The second-order valence-corrected chi connectivity index (χ2v) is 7.99. The molecule has 4 heterocycles. The lowest BCUT2D eigenvalue weighted by atomic mass is 10.1. The van der Waals surface area contributed by atoms with Crippen molar-refractivity contribution in [3.63, 3.8) is 0 Å². The van der Waals surface area contributed by atoms with E-state index in [0.29, 0.717) is 30.5 Å². The van der Waals surface area contributed by atoms with Crippen LogP contribution in [0, 0.1) is 0 Å². The van der Waals surface area contributed by atoms with Gasteiger partial charge in [-0.1, -0.05) is 12.1 Å². The molecule has 1 atom stereocenters. The van der Waals surface area contributed by atoms with E-state index in [1.165, 1.54) is 6.07 Å². The van der Waals surface area contributed by atoms with Crippen LogP contribution in [-0.4, -0.2) is 67.6 Å². The van der Waals surface area contributed by atoms with Crippen LogP contribution in [0.2, 0.25) is 0 Å². The number of nitrogens with zero attached hydrogens (tertiary/aromatic N) is 3. The predicted molar refractivity (Wildman–Crippen MR) is 113 cm³/mol. The van der Waals surface area contributed by atoms with Crippen molar-refractivity contribution in [3.05, 3.63) is 59.5 Å². The number of furan rings is 1. The van der Waals surface area contributed by atoms with E-state index < -0.39 is 11.7 Å². The second kappa shape index (κ2) is 9.74. The summed E-state index contributed by atoms with van der Waals surface area (Å²) >= 11 is 0. The molecule has 0 radical (unpaired) electrons. The first-order valence-corrected chi connectivity index (χ1v) is 10.6. The van der Waals surface area contributed by atoms with Crippen molar-refractivity contribution in [2.75, 3.05) is 45.8 Å². The van der Waals surface area contributed by atoms with Crippen LogP contribution < -0.4 is 10.6 Å². The molecular formula is C22H28F3N5O. The van der Waals surface area contributed by atoms with Crippen LogP contribution in [0.25, 0.3) is 0 Å². The van der Waals surface area contributed by atoms with E-state index in [1.807, 2.05) is 12.1 Å². The van der Waals surface area contributed by atoms with Gasteiger partial charge in [0.15, 0.2) is 5.96 Å². The fraction of sp³-hybridized carbons (Fsp3) is 0.500. The largest absolute Gasteiger partial charge is 0.469 e. The minimum Gasteiger partial charge on any atom is -0.469 e. The van der Waals surface area contributed by atoms with E-state index in [2.05, 4.69) is 25.4 Å². The molecular weight excluding hydrogens is 407 g/mol. The molecule has 3 saturated heterocycles. The first kappa shape index (κ1) is 21.7. The number of halogens is 3. The van der Waals surface area contributed by atoms with Crippen LogP contribution in [0.1, 0.15) is 16.9 Å². The van der Waals surface area contributed by atoms with Crippen molar-refractivity contribution in [1.82, 2.24) is 20.4 Å². The van der Waals surface area contributed by atoms with E-state index >= 15 is 0 Å². The summed E-state index contributed by atoms with van der Waals surface area (Å²) in [6, 6.07) is 9.49. The molecule has 1 unspecified atom stereocenters. The normalized spacial score (nSPS) is 23.7. The zero-order valence-corrected chi connectivity index (χ0v) is 17.4. The van der Waals surface area contributed by atoms with Gasteiger partial charge in [0.25, 0.3) is 0 Å². The number of guanidine groups is 1. The third-order valence-electron chi connectivity index (χ3n) is 5.82. The molecule has 2 bridgehead atoms. The van der Waals surface area contributed by atoms with Gasteiger partial charge in [0, 0.05) is 58.3 Å². The fourth-order valence-corrected chi connectivity index (χ4v) is 4.08. The van der Waals surface area contributed by atoms with E-state index in [-0.39, 0.29) is 6.54 Å². The number of fused-ring (bicyclic) bond motifs is 3. The molecule has 0 aliphatic carbocycles. The van der Waals surface area contributed by atoms with E-state index in [0.717, 1.165) is 57.2 Å². The Labute approximate surface area is 180 Å². The van der Waals surface area contributed by atoms with Crippen LogP contribution in [0.15, 0.2) is 52.1 Å². The molecule has 0 amide bonds. The van der Waals surface area contributed by atoms with Crippen LogP contribution in [0.5, 0.6) is 0 Å². The second-order valence-electron chi connectivity index (χ2n) is 7.99. The van der Waals surface area contributed by atoms with Gasteiger partial charge in [0.2, 0.25) is 0 Å². The maximum absolute atomic E-state index is 13.0. The topological polar surface area (TPSA) is 56.0 Å². The van der Waals surface area contributed by atoms with Crippen molar-refractivity contribution in [1.29, 1.82) is 0 Å². The molecule has 1 aromatic carbocycles. The summed E-state index contributed by atoms with van der Waals surface area (Å²) in [5.74, 6) is 1.47. The Morgan fingerprint density at radius 1 is 1.10 bits per heavy atom. The lowest BCUT2D eigenvalue weighted by Gasteiger charge is -2.47. The molecule has 0 spiro atoms. The maximum Gasteiger partial charge on any atom is 0.416 e. The molecule has 9 heteroatoms. The minimum absolute atomic E-state index is 0.167. The van der Waals surface area contributed by atoms with Crippen molar-refractivity contribution in [2.45, 2.75) is 25.2 Å². The number of hydrogen-bond acceptors (Lipinski definition) is 4. The third kappa shape index (κ3) is 6.01. The summed E-state index contributed by atoms with van der Waals surface area (Å²) in [7, 11) is 0. The number of aliphatic imine (C=N–C) groups is 1. The Balaban J connectivity index is 1.38. The Morgan fingerprint density at radius 3 is 2.61 bits per heavy atom. The fourth-order valence-electron chi connectivity index (χ4n) is 4.08. The summed E-state index contributed by atoms with van der Waals surface area (Å²) in [5, 5.41) is 6.67. The average molecular weight is 435 g/mol. The van der Waals surface area contributed by atoms with Crippen LogP contribution in [-0.2, 0) is 19.1 Å². The van der Waals surface area contributed by atoms with Crippen LogP contribution in [0.4, 0.5) is 13.2 Å². The van der Waals surface area contributed by atoms with Crippen molar-refractivity contribution >= 4 is 5.96 Å². The quantitative estimate of drug-likeness (QED) is 0.517. The number of benzene rings is 1. The van der Waals surface area contributed by atoms with Gasteiger partial charge in [-0.25, -0.2) is 4.99 Å². The Morgan fingerprint density at radius 2 is 1.94 bits per heavy atom. The van der Waals surface area contributed by atoms with E-state index in [1.54, 1.807) is 12.3 Å². The SMILES string of the molecule is FC(F)(F)c1cccc(CN=C(NCCc2ccco2)NCC2CN3CCN2CC3)c1. The molecule has 1 aromatic heterocycles. The maximum atomic E-state index is 13.0. The van der Waals surface area contributed by atoms with Gasteiger partial charge in [0.1, 0.15) is 5.76 Å². The highest BCUT2D eigenvalue weighted by Gasteiger charge is 2.32. The lowest BCUT2D eigenvalue weighted by Crippen LogP contribution is -2.63. The van der Waals surface area contributed by atoms with Gasteiger partial charge in [-0.2, -0.15) is 13.2 Å². The number of hydrogen-bond donors (Lipinski definition) is 2. The summed E-state index contributed by atoms with van der Waals surface area (Å²) in [6.45, 7) is 6.95. The molecule has 2 aromatic rings. The third-order valence-corrected chi connectivity index (χ3v) is 5.82. The first-order valence-electron chi connectivity index (χ1n) is 10.6. The molecule has 31 heavy (non-hydrogen) atoms. The number of alkyl halides is 3. The molecule has 3 aliphatic rings. The number of rotatable bonds is 7. The predicted octanol–water partition coefficient (Wildman–Crippen LogP) is 2.58. The van der Waals surface area contributed by atoms with Gasteiger partial charge in [-0.05, 0) is 29.8 Å². The monoisotopic (exact) mass is 435 g/mol. The number of piperazine rings is 3. The van der Waals surface area contributed by atoms with Crippen LogP contribution in [0.3, 0.4) is 0 Å². The smallest absolute Gasteiger partial charge is 0.416 e. The standard InChI is InChI=1S/C22H28F3N5O/c23-22(24,25)18-4-1-3-17(13-18)14-27-21(26-7-6-20-5-2-12-31-20)28-15-19-16-29-8-10-30(19)11-9-29/h1-5,12-13,19H,6-11,14-16H2,(H2,26,27,28). The highest BCUT2D eigenvalue weighted by molar-refractivity contribution is 5.79. The van der Waals surface area contributed by atoms with E-state index in [4.69, 9.17) is 4.42 Å². The highest BCUT2D eigenvalue weighted by Crippen LogP contribution is 2.29. The molecule has 6 nitrogen and oxygen atoms in total. The average Bonchev–Trinajstić information content (AvgIpc) is 3.29. The van der Waals surface area contributed by atoms with Gasteiger partial charge in [-0.15, -0.1) is 0 Å². The van der Waals surface area contributed by atoms with Gasteiger partial charge in [-0.3, -0.25) is 9.80 Å². The van der Waals surface area contributed by atoms with Crippen molar-refractivity contribution < 1.29 is 17.6 Å². The van der Waals surface area contributed by atoms with E-state index in [9.17, 15) is 13.2 Å². The van der Waals surface area contributed by atoms with Gasteiger partial charge >= 0.3 is 6.18 Å². The summed E-state index contributed by atoms with van der Waals surface area (Å²) in [4.78, 5) is 9.50. The van der Waals surface area contributed by atoms with Crippen molar-refractivity contribution in [3.8, 4) is 0 Å². The summed E-state index contributed by atoms with van der Waals surface area (Å²) in [6.07, 6.45) is -2.02. The molecule has 0 saturated carbocycles. The Kier molecular flexibility index (Phi) is 6.82. The molecule has 3 fully saturated rings. The zero-order chi connectivity index (χ0) is 21.7. The van der Waals surface area contributed by atoms with Gasteiger partial charge < -0.3 is 15.1 Å². The van der Waals surface area contributed by atoms with Gasteiger partial charge in [0.05, 0.1) is 18.4 Å². The molecule has 3 aliphatic heterocycles. The highest BCUT2D eigenvalue weighted by atomic mass is 19.4. The Bertz CT molecular complexity index is 860. The van der Waals surface area contributed by atoms with Crippen LogP contribution >= 0.6 is 0 Å². The number of nitrogens with one attached hydrogen (secondary N) is 2. The molecule has 2 N–H and O–H groups in total.